The number of fused-ring (bicyclic) bond motifs is 1. The molecular weight excluding hydrogens is 476 g/mol. The van der Waals surface area contributed by atoms with E-state index in [1.807, 2.05) is 32.1 Å². The molecule has 184 valence electrons. The molecule has 2 heterocycles. The van der Waals surface area contributed by atoms with E-state index in [1.54, 1.807) is 41.5 Å². The Morgan fingerprint density at radius 1 is 1.19 bits per heavy atom. The number of anilines is 1. The van der Waals surface area contributed by atoms with Crippen molar-refractivity contribution in [1.29, 1.82) is 0 Å². The maximum atomic E-state index is 12.6. The van der Waals surface area contributed by atoms with Crippen LogP contribution in [-0.4, -0.2) is 35.3 Å². The molecule has 2 aromatic heterocycles. The molecule has 8 nitrogen and oxygen atoms in total. The quantitative estimate of drug-likeness (QED) is 0.354. The van der Waals surface area contributed by atoms with Gasteiger partial charge in [-0.05, 0) is 60.9 Å². The van der Waals surface area contributed by atoms with Crippen molar-refractivity contribution in [2.24, 2.45) is 0 Å². The van der Waals surface area contributed by atoms with Crippen molar-refractivity contribution in [3.63, 3.8) is 0 Å². The number of carbonyl (C=O) groups is 1. The first kappa shape index (κ1) is 23.5. The zero-order valence-electron chi connectivity index (χ0n) is 20.1. The predicted octanol–water partition coefficient (Wildman–Crippen LogP) is 5.07. The van der Waals surface area contributed by atoms with Gasteiger partial charge in [0.1, 0.15) is 11.5 Å². The third-order valence-corrected chi connectivity index (χ3v) is 7.02. The van der Waals surface area contributed by atoms with Crippen LogP contribution in [0.3, 0.4) is 0 Å². The molecule has 0 fully saturated rings. The van der Waals surface area contributed by atoms with E-state index >= 15 is 0 Å². The van der Waals surface area contributed by atoms with E-state index in [0.717, 1.165) is 28.8 Å². The lowest BCUT2D eigenvalue weighted by Gasteiger charge is -2.15. The van der Waals surface area contributed by atoms with E-state index < -0.39 is 9.84 Å². The summed E-state index contributed by atoms with van der Waals surface area (Å²) in [7, 11) is -3.37. The van der Waals surface area contributed by atoms with Crippen LogP contribution in [0.1, 0.15) is 24.5 Å². The summed E-state index contributed by atoms with van der Waals surface area (Å²) in [6.07, 6.45) is 9.13. The zero-order valence-corrected chi connectivity index (χ0v) is 20.9. The Balaban J connectivity index is 0.00000320. The van der Waals surface area contributed by atoms with E-state index in [0.29, 0.717) is 28.1 Å². The summed E-state index contributed by atoms with van der Waals surface area (Å²) in [6.45, 7) is 3.83. The lowest BCUT2D eigenvalue weighted by molar-refractivity contribution is -0.115. The Labute approximate surface area is 210 Å². The van der Waals surface area contributed by atoms with Crippen LogP contribution in [0.25, 0.3) is 16.6 Å². The number of hydrogen-bond acceptors (Lipinski definition) is 6. The smallest absolute Gasteiger partial charge is 0.228 e. The third kappa shape index (κ3) is 4.79. The number of ether oxygens (including phenoxy) is 1. The Bertz CT molecular complexity index is 1680. The molecule has 1 amide bonds. The van der Waals surface area contributed by atoms with Crippen molar-refractivity contribution in [1.82, 2.24) is 14.8 Å². The third-order valence-electron chi connectivity index (χ3n) is 5.90. The highest BCUT2D eigenvalue weighted by Crippen LogP contribution is 2.34. The van der Waals surface area contributed by atoms with Crippen LogP contribution < -0.4 is 10.1 Å². The van der Waals surface area contributed by atoms with Crippen molar-refractivity contribution in [3.05, 3.63) is 83.5 Å². The van der Waals surface area contributed by atoms with E-state index in [1.165, 1.54) is 12.3 Å². The summed E-state index contributed by atoms with van der Waals surface area (Å²) >= 11 is 0. The average molecular weight is 503 g/mol. The minimum Gasteiger partial charge on any atom is -0.456 e. The second-order valence-corrected chi connectivity index (χ2v) is 10.8. The van der Waals surface area contributed by atoms with Crippen molar-refractivity contribution < 1.29 is 19.4 Å². The van der Waals surface area contributed by atoms with Gasteiger partial charge < -0.3 is 10.1 Å². The number of sulfone groups is 1. The lowest BCUT2D eigenvalue weighted by atomic mass is 10.0. The van der Waals surface area contributed by atoms with Crippen LogP contribution in [-0.2, 0) is 21.1 Å². The average Bonchev–Trinajstić information content (AvgIpc) is 3.21. The monoisotopic (exact) mass is 502 g/mol. The second-order valence-electron chi connectivity index (χ2n) is 8.82. The molecule has 4 aromatic rings. The Kier molecular flexibility index (Phi) is 5.96. The number of rotatable bonds is 7. The van der Waals surface area contributed by atoms with Crippen LogP contribution in [0.4, 0.5) is 5.69 Å². The van der Waals surface area contributed by atoms with Crippen LogP contribution in [0.15, 0.2) is 71.7 Å². The number of benzene rings is 2. The van der Waals surface area contributed by atoms with Gasteiger partial charge in [0.15, 0.2) is 9.84 Å². The number of amides is 1. The Morgan fingerprint density at radius 2 is 1.94 bits per heavy atom. The number of allylic oxidation sites excluding steroid dienone is 1. The fraction of sp³-hybridized carbons (Fsp3) is 0.185. The molecule has 0 spiro atoms. The van der Waals surface area contributed by atoms with Crippen LogP contribution in [0, 0.1) is 13.8 Å². The molecule has 9 heteroatoms. The minimum atomic E-state index is -3.37. The van der Waals surface area contributed by atoms with Gasteiger partial charge in [0.05, 0.1) is 40.6 Å². The lowest BCUT2D eigenvalue weighted by Crippen LogP contribution is -2.14. The van der Waals surface area contributed by atoms with Gasteiger partial charge in [-0.2, -0.15) is 5.10 Å². The summed E-state index contributed by atoms with van der Waals surface area (Å²) in [4.78, 5) is 17.2. The summed E-state index contributed by atoms with van der Waals surface area (Å²) < 4.78 is 32.0. The van der Waals surface area contributed by atoms with Gasteiger partial charge in [-0.25, -0.2) is 13.1 Å². The maximum absolute atomic E-state index is 12.6. The van der Waals surface area contributed by atoms with Crippen LogP contribution in [0.2, 0.25) is 0 Å². The highest BCUT2D eigenvalue weighted by Gasteiger charge is 2.15. The van der Waals surface area contributed by atoms with Gasteiger partial charge in [0.2, 0.25) is 5.91 Å². The Morgan fingerprint density at radius 3 is 2.61 bits per heavy atom. The standard InChI is InChI=1S/C27H24N4O4S.H2/c1-17-11-19(13-26(32)30-20-15-29-31(16-20)21-5-4-6-21)12-18(2)27(17)35-25-9-10-28-24-8-7-22(14-23(24)25)36(3,33)34;/h4,7-12,14-16H,5,13H2,1-3H3,(H,30,32);1H. The summed E-state index contributed by atoms with van der Waals surface area (Å²) in [5.74, 6) is 1.02. The first-order valence-electron chi connectivity index (χ1n) is 11.3. The molecule has 5 rings (SSSR count). The molecule has 2 aromatic carbocycles. The number of pyridine rings is 1. The summed E-state index contributed by atoms with van der Waals surface area (Å²) in [6, 6.07) is 10.3. The number of carbonyl (C=O) groups excluding carboxylic acids is 1. The fourth-order valence-electron chi connectivity index (χ4n) is 4.11. The van der Waals surface area contributed by atoms with Crippen molar-refractivity contribution in [2.75, 3.05) is 11.6 Å². The van der Waals surface area contributed by atoms with Gasteiger partial charge in [-0.3, -0.25) is 9.78 Å². The molecule has 0 radical (unpaired) electrons. The van der Waals surface area contributed by atoms with Crippen molar-refractivity contribution >= 4 is 38.0 Å². The molecule has 1 N–H and O–H groups in total. The molecule has 0 bridgehead atoms. The molecule has 0 atom stereocenters. The topological polar surface area (TPSA) is 103 Å². The van der Waals surface area contributed by atoms with Crippen molar-refractivity contribution in [2.45, 2.75) is 31.6 Å². The Hall–Kier alpha value is -4.20. The molecule has 1 aliphatic rings. The highest BCUT2D eigenvalue weighted by atomic mass is 32.2. The first-order chi connectivity index (χ1) is 17.2. The fourth-order valence-corrected chi connectivity index (χ4v) is 4.76. The number of nitrogens with zero attached hydrogens (tertiary/aromatic N) is 3. The number of aromatic nitrogens is 3. The molecule has 1 aliphatic carbocycles. The number of aryl methyl sites for hydroxylation is 2. The molecule has 0 aliphatic heterocycles. The van der Waals surface area contributed by atoms with E-state index in [-0.39, 0.29) is 18.7 Å². The largest absolute Gasteiger partial charge is 0.456 e. The van der Waals surface area contributed by atoms with Gasteiger partial charge in [0.25, 0.3) is 0 Å². The number of hydrogen-bond donors (Lipinski definition) is 1. The SMILES string of the molecule is Cc1cc(CC(=O)Nc2cnn(C3=C=CC3)c2)cc(C)c1Oc1ccnc2ccc(S(C)(=O)=O)cc12.[HH]. The summed E-state index contributed by atoms with van der Waals surface area (Å²) in [5, 5.41) is 7.74. The predicted molar refractivity (Wildman–Crippen MR) is 140 cm³/mol. The van der Waals surface area contributed by atoms with E-state index in [9.17, 15) is 13.2 Å². The van der Waals surface area contributed by atoms with E-state index in [4.69, 9.17) is 4.74 Å². The number of nitrogens with one attached hydrogen (secondary N) is 1. The molecule has 0 saturated carbocycles. The van der Waals surface area contributed by atoms with Gasteiger partial charge in [0, 0.05) is 25.7 Å². The molecule has 36 heavy (non-hydrogen) atoms. The summed E-state index contributed by atoms with van der Waals surface area (Å²) in [5.41, 5.74) is 7.86. The van der Waals surface area contributed by atoms with Gasteiger partial charge in [-0.1, -0.05) is 12.1 Å². The molecular formula is C27H26N4O4S. The zero-order chi connectivity index (χ0) is 25.4. The molecule has 0 saturated heterocycles. The highest BCUT2D eigenvalue weighted by molar-refractivity contribution is 7.90. The first-order valence-corrected chi connectivity index (χ1v) is 13.2. The second kappa shape index (κ2) is 9.11. The normalized spacial score (nSPS) is 12.8. The maximum Gasteiger partial charge on any atom is 0.228 e. The van der Waals surface area contributed by atoms with Crippen LogP contribution >= 0.6 is 0 Å². The minimum absolute atomic E-state index is 0. The van der Waals surface area contributed by atoms with E-state index in [2.05, 4.69) is 21.1 Å². The molecule has 0 unspecified atom stereocenters. The van der Waals surface area contributed by atoms with Crippen molar-refractivity contribution in [3.8, 4) is 11.5 Å². The van der Waals surface area contributed by atoms with Gasteiger partial charge >= 0.3 is 0 Å². The van der Waals surface area contributed by atoms with Crippen LogP contribution in [0.5, 0.6) is 11.5 Å². The van der Waals surface area contributed by atoms with Gasteiger partial charge in [-0.15, -0.1) is 5.73 Å².